The van der Waals surface area contributed by atoms with Crippen molar-refractivity contribution >= 4 is 17.1 Å². The zero-order valence-corrected chi connectivity index (χ0v) is 11.4. The molecule has 0 heterocycles. The van der Waals surface area contributed by atoms with Crippen molar-refractivity contribution in [1.82, 2.24) is 0 Å². The molecule has 0 aliphatic carbocycles. The third-order valence-corrected chi connectivity index (χ3v) is 2.84. The van der Waals surface area contributed by atoms with E-state index in [1.807, 2.05) is 24.3 Å². The molecule has 0 saturated heterocycles. The molecule has 2 aromatic rings. The maximum atomic E-state index is 13.5. The second kappa shape index (κ2) is 6.25. The van der Waals surface area contributed by atoms with Crippen molar-refractivity contribution in [3.05, 3.63) is 47.8 Å². The molecule has 5 heteroatoms. The van der Waals surface area contributed by atoms with E-state index in [0.717, 1.165) is 11.3 Å². The Balaban J connectivity index is 2.27. The van der Waals surface area contributed by atoms with Gasteiger partial charge in [-0.05, 0) is 17.7 Å². The molecule has 0 aromatic heterocycles. The highest BCUT2D eigenvalue weighted by molar-refractivity contribution is 5.74. The van der Waals surface area contributed by atoms with Gasteiger partial charge in [-0.2, -0.15) is 0 Å². The van der Waals surface area contributed by atoms with Crippen LogP contribution < -0.4 is 15.8 Å². The molecule has 0 unspecified atom stereocenters. The van der Waals surface area contributed by atoms with Gasteiger partial charge in [0.25, 0.3) is 0 Å². The summed E-state index contributed by atoms with van der Waals surface area (Å²) < 4.78 is 23.5. The van der Waals surface area contributed by atoms with Crippen molar-refractivity contribution in [3.63, 3.8) is 0 Å². The summed E-state index contributed by atoms with van der Waals surface area (Å²) in [6.45, 7) is 0.526. The van der Waals surface area contributed by atoms with Gasteiger partial charge in [-0.15, -0.1) is 0 Å². The summed E-state index contributed by atoms with van der Waals surface area (Å²) in [4.78, 5) is 0. The van der Waals surface area contributed by atoms with Crippen LogP contribution in [-0.4, -0.2) is 14.2 Å². The monoisotopic (exact) mass is 276 g/mol. The maximum absolute atomic E-state index is 13.5. The van der Waals surface area contributed by atoms with Crippen LogP contribution in [0.4, 0.5) is 21.5 Å². The summed E-state index contributed by atoms with van der Waals surface area (Å²) in [5.74, 6) is -0.335. The Morgan fingerprint density at radius 3 is 2.70 bits per heavy atom. The minimum atomic E-state index is -0.483. The van der Waals surface area contributed by atoms with Gasteiger partial charge in [-0.3, -0.25) is 0 Å². The minimum absolute atomic E-state index is 0.148. The third kappa shape index (κ3) is 3.19. The van der Waals surface area contributed by atoms with E-state index in [1.165, 1.54) is 19.2 Å². The van der Waals surface area contributed by atoms with E-state index >= 15 is 0 Å². The van der Waals surface area contributed by atoms with Crippen molar-refractivity contribution in [2.75, 3.05) is 25.3 Å². The van der Waals surface area contributed by atoms with Gasteiger partial charge in [-0.25, -0.2) is 4.39 Å². The highest BCUT2D eigenvalue weighted by Gasteiger charge is 2.08. The Morgan fingerprint density at radius 2 is 2.00 bits per heavy atom. The first-order valence-corrected chi connectivity index (χ1v) is 6.12. The Hall–Kier alpha value is -2.27. The summed E-state index contributed by atoms with van der Waals surface area (Å²) in [5.41, 5.74) is 8.60. The van der Waals surface area contributed by atoms with E-state index in [2.05, 4.69) is 5.32 Å². The van der Waals surface area contributed by atoms with Gasteiger partial charge in [0.15, 0.2) is 11.6 Å². The number of benzene rings is 2. The predicted octanol–water partition coefficient (Wildman–Crippen LogP) is 3.31. The summed E-state index contributed by atoms with van der Waals surface area (Å²) in [7, 11) is 3.06. The van der Waals surface area contributed by atoms with E-state index in [0.29, 0.717) is 18.0 Å². The van der Waals surface area contributed by atoms with E-state index in [-0.39, 0.29) is 5.75 Å². The van der Waals surface area contributed by atoms with E-state index < -0.39 is 5.82 Å². The average molecular weight is 276 g/mol. The molecule has 0 fully saturated rings. The summed E-state index contributed by atoms with van der Waals surface area (Å²) >= 11 is 0. The molecule has 20 heavy (non-hydrogen) atoms. The molecule has 0 spiro atoms. The lowest BCUT2D eigenvalue weighted by Gasteiger charge is -2.12. The lowest BCUT2D eigenvalue weighted by Crippen LogP contribution is -2.00. The van der Waals surface area contributed by atoms with Gasteiger partial charge < -0.3 is 20.5 Å². The SMILES string of the molecule is COCc1cccc(Nc2cc(OC)c(F)cc2N)c1. The molecule has 0 atom stereocenters. The fourth-order valence-corrected chi connectivity index (χ4v) is 1.89. The molecule has 4 nitrogen and oxygen atoms in total. The molecule has 0 aliphatic heterocycles. The Labute approximate surface area is 117 Å². The van der Waals surface area contributed by atoms with Crippen LogP contribution in [-0.2, 0) is 11.3 Å². The Kier molecular flexibility index (Phi) is 4.42. The van der Waals surface area contributed by atoms with Crippen molar-refractivity contribution in [2.24, 2.45) is 0 Å². The fraction of sp³-hybridized carbons (Fsp3) is 0.200. The van der Waals surface area contributed by atoms with Crippen molar-refractivity contribution in [1.29, 1.82) is 0 Å². The Morgan fingerprint density at radius 1 is 1.20 bits per heavy atom. The lowest BCUT2D eigenvalue weighted by molar-refractivity contribution is 0.185. The van der Waals surface area contributed by atoms with Gasteiger partial charge in [0.05, 0.1) is 25.1 Å². The molecule has 0 aliphatic rings. The van der Waals surface area contributed by atoms with Crippen LogP contribution in [0.2, 0.25) is 0 Å². The molecule has 0 amide bonds. The van der Waals surface area contributed by atoms with E-state index in [1.54, 1.807) is 7.11 Å². The minimum Gasteiger partial charge on any atom is -0.494 e. The molecule has 2 rings (SSSR count). The van der Waals surface area contributed by atoms with Gasteiger partial charge in [-0.1, -0.05) is 12.1 Å². The number of ether oxygens (including phenoxy) is 2. The highest BCUT2D eigenvalue weighted by Crippen LogP contribution is 2.30. The summed E-state index contributed by atoms with van der Waals surface area (Å²) in [6, 6.07) is 10.5. The third-order valence-electron chi connectivity index (χ3n) is 2.84. The number of rotatable bonds is 5. The molecule has 0 bridgehead atoms. The number of nitrogen functional groups attached to an aromatic ring is 1. The Bertz CT molecular complexity index is 602. The largest absolute Gasteiger partial charge is 0.494 e. The number of hydrogen-bond donors (Lipinski definition) is 2. The van der Waals surface area contributed by atoms with Crippen molar-refractivity contribution < 1.29 is 13.9 Å². The highest BCUT2D eigenvalue weighted by atomic mass is 19.1. The van der Waals surface area contributed by atoms with E-state index in [9.17, 15) is 4.39 Å². The van der Waals surface area contributed by atoms with Crippen LogP contribution in [0.5, 0.6) is 5.75 Å². The molecule has 3 N–H and O–H groups in total. The summed E-state index contributed by atoms with van der Waals surface area (Å²) in [6.07, 6.45) is 0. The van der Waals surface area contributed by atoms with Crippen LogP contribution in [0.25, 0.3) is 0 Å². The predicted molar refractivity (Wildman–Crippen MR) is 77.8 cm³/mol. The molecular formula is C15H17FN2O2. The van der Waals surface area contributed by atoms with Crippen molar-refractivity contribution in [2.45, 2.75) is 6.61 Å². The standard InChI is InChI=1S/C15H17FN2O2/c1-19-9-10-4-3-5-11(6-10)18-14-8-15(20-2)12(16)7-13(14)17/h3-8,18H,9,17H2,1-2H3. The van der Waals surface area contributed by atoms with Gasteiger partial charge >= 0.3 is 0 Å². The normalized spacial score (nSPS) is 10.3. The number of methoxy groups -OCH3 is 2. The second-order valence-corrected chi connectivity index (χ2v) is 4.33. The maximum Gasteiger partial charge on any atom is 0.167 e. The topological polar surface area (TPSA) is 56.5 Å². The number of halogens is 1. The van der Waals surface area contributed by atoms with Crippen LogP contribution in [0.15, 0.2) is 36.4 Å². The zero-order chi connectivity index (χ0) is 14.5. The average Bonchev–Trinajstić information content (AvgIpc) is 2.43. The first-order chi connectivity index (χ1) is 9.63. The van der Waals surface area contributed by atoms with Crippen LogP contribution >= 0.6 is 0 Å². The fourth-order valence-electron chi connectivity index (χ4n) is 1.89. The first kappa shape index (κ1) is 14.1. The van der Waals surface area contributed by atoms with Gasteiger partial charge in [0.2, 0.25) is 0 Å². The van der Waals surface area contributed by atoms with Crippen LogP contribution in [0.3, 0.4) is 0 Å². The smallest absolute Gasteiger partial charge is 0.167 e. The van der Waals surface area contributed by atoms with Crippen LogP contribution in [0.1, 0.15) is 5.56 Å². The quantitative estimate of drug-likeness (QED) is 0.823. The molecule has 0 saturated carbocycles. The zero-order valence-electron chi connectivity index (χ0n) is 11.4. The molecule has 2 aromatic carbocycles. The second-order valence-electron chi connectivity index (χ2n) is 4.33. The van der Waals surface area contributed by atoms with Gasteiger partial charge in [0, 0.05) is 24.9 Å². The molecule has 0 radical (unpaired) electrons. The lowest BCUT2D eigenvalue weighted by atomic mass is 10.2. The van der Waals surface area contributed by atoms with Crippen LogP contribution in [0, 0.1) is 5.82 Å². The molecule has 106 valence electrons. The number of anilines is 3. The van der Waals surface area contributed by atoms with Crippen molar-refractivity contribution in [3.8, 4) is 5.75 Å². The van der Waals surface area contributed by atoms with E-state index in [4.69, 9.17) is 15.2 Å². The number of hydrogen-bond acceptors (Lipinski definition) is 4. The number of nitrogens with one attached hydrogen (secondary N) is 1. The summed E-state index contributed by atoms with van der Waals surface area (Å²) in [5, 5.41) is 3.15. The van der Waals surface area contributed by atoms with Gasteiger partial charge in [0.1, 0.15) is 0 Å². The molecular weight excluding hydrogens is 259 g/mol. The first-order valence-electron chi connectivity index (χ1n) is 6.12. The number of nitrogens with two attached hydrogens (primary N) is 1.